The van der Waals surface area contributed by atoms with E-state index in [1.165, 1.54) is 0 Å². The second-order valence-corrected chi connectivity index (χ2v) is 7.60. The Bertz CT molecular complexity index is 998. The Morgan fingerprint density at radius 2 is 2.11 bits per heavy atom. The molecule has 1 aliphatic heterocycles. The molecule has 2 heterocycles. The van der Waals surface area contributed by atoms with Crippen molar-refractivity contribution in [1.82, 2.24) is 14.5 Å². The number of para-hydroxylation sites is 2. The first-order chi connectivity index (χ1) is 12.8. The highest BCUT2D eigenvalue weighted by atomic mass is 32.2. The molecule has 2 aromatic rings. The highest BCUT2D eigenvalue weighted by Gasteiger charge is 2.40. The van der Waals surface area contributed by atoms with Crippen molar-refractivity contribution < 1.29 is 19.5 Å². The first-order valence-corrected chi connectivity index (χ1v) is 9.21. The minimum absolute atomic E-state index is 0.101. The number of thiocarbonyl (C=S) groups is 1. The molecule has 0 saturated carbocycles. The number of primary amides is 1. The van der Waals surface area contributed by atoms with Crippen molar-refractivity contribution in [3.8, 4) is 0 Å². The number of carbonyl (C=O) groups excluding carboxylic acids is 2. The van der Waals surface area contributed by atoms with Crippen molar-refractivity contribution >= 4 is 63.2 Å². The normalized spacial score (nSPS) is 17.1. The molecular weight excluding hydrogens is 388 g/mol. The Hall–Kier alpha value is -2.72. The van der Waals surface area contributed by atoms with Crippen molar-refractivity contribution in [2.24, 2.45) is 12.8 Å². The zero-order chi connectivity index (χ0) is 19.7. The Kier molecular flexibility index (Phi) is 5.29. The second-order valence-electron chi connectivity index (χ2n) is 5.93. The van der Waals surface area contributed by atoms with Gasteiger partial charge in [0.1, 0.15) is 16.2 Å². The lowest BCUT2D eigenvalue weighted by atomic mass is 10.1. The van der Waals surface area contributed by atoms with E-state index in [1.54, 1.807) is 6.08 Å². The van der Waals surface area contributed by atoms with Crippen molar-refractivity contribution in [3.63, 3.8) is 0 Å². The molecule has 2 amide bonds. The molecule has 10 heteroatoms. The number of nitrogens with two attached hydrogens (primary N) is 1. The fourth-order valence-corrected chi connectivity index (χ4v) is 4.13. The number of nitrogens with zero attached hydrogens (tertiary/aromatic N) is 3. The maximum absolute atomic E-state index is 12.8. The lowest BCUT2D eigenvalue weighted by Gasteiger charge is -2.22. The number of thioether (sulfide) groups is 1. The summed E-state index contributed by atoms with van der Waals surface area (Å²) in [5.41, 5.74) is 6.79. The van der Waals surface area contributed by atoms with Crippen LogP contribution in [0, 0.1) is 0 Å². The van der Waals surface area contributed by atoms with Gasteiger partial charge in [-0.05, 0) is 18.6 Å². The average molecular weight is 404 g/mol. The number of carboxylic acids is 1. The number of hydrogen-bond acceptors (Lipinski definition) is 6. The van der Waals surface area contributed by atoms with Gasteiger partial charge in [-0.15, -0.1) is 0 Å². The van der Waals surface area contributed by atoms with Crippen LogP contribution in [0.5, 0.6) is 0 Å². The summed E-state index contributed by atoms with van der Waals surface area (Å²) in [5, 5.41) is 9.45. The van der Waals surface area contributed by atoms with E-state index in [-0.39, 0.29) is 22.1 Å². The van der Waals surface area contributed by atoms with Crippen LogP contribution < -0.4 is 5.73 Å². The van der Waals surface area contributed by atoms with Crippen LogP contribution in [0.2, 0.25) is 0 Å². The predicted molar refractivity (Wildman–Crippen MR) is 106 cm³/mol. The molecule has 1 saturated heterocycles. The zero-order valence-electron chi connectivity index (χ0n) is 14.3. The number of carbonyl (C=O) groups is 3. The van der Waals surface area contributed by atoms with E-state index < -0.39 is 23.8 Å². The number of imidazole rings is 1. The van der Waals surface area contributed by atoms with Gasteiger partial charge in [0.05, 0.1) is 15.9 Å². The van der Waals surface area contributed by atoms with Gasteiger partial charge in [0.15, 0.2) is 0 Å². The first kappa shape index (κ1) is 19.1. The number of aliphatic carboxylic acids is 1. The van der Waals surface area contributed by atoms with Gasteiger partial charge in [-0.2, -0.15) is 0 Å². The number of fused-ring (bicyclic) bond motifs is 1. The topological polar surface area (TPSA) is 119 Å². The van der Waals surface area contributed by atoms with Gasteiger partial charge in [0.2, 0.25) is 5.91 Å². The van der Waals surface area contributed by atoms with Gasteiger partial charge in [-0.3, -0.25) is 14.5 Å². The zero-order valence-corrected chi connectivity index (χ0v) is 15.9. The number of rotatable bonds is 6. The third kappa shape index (κ3) is 3.71. The van der Waals surface area contributed by atoms with Crippen LogP contribution in [-0.4, -0.2) is 47.7 Å². The molecule has 3 N–H and O–H groups in total. The lowest BCUT2D eigenvalue weighted by Crippen LogP contribution is -2.44. The Morgan fingerprint density at radius 1 is 1.41 bits per heavy atom. The Balaban J connectivity index is 1.92. The van der Waals surface area contributed by atoms with Crippen LogP contribution >= 0.6 is 24.0 Å². The summed E-state index contributed by atoms with van der Waals surface area (Å²) in [7, 11) is 1.83. The molecule has 0 aliphatic carbocycles. The largest absolute Gasteiger partial charge is 0.480 e. The van der Waals surface area contributed by atoms with E-state index in [9.17, 15) is 19.5 Å². The quantitative estimate of drug-likeness (QED) is 0.553. The molecule has 0 bridgehead atoms. The minimum Gasteiger partial charge on any atom is -0.480 e. The van der Waals surface area contributed by atoms with Gasteiger partial charge < -0.3 is 15.4 Å². The first-order valence-electron chi connectivity index (χ1n) is 7.99. The molecule has 140 valence electrons. The maximum atomic E-state index is 12.8. The average Bonchev–Trinajstić information content (AvgIpc) is 3.06. The van der Waals surface area contributed by atoms with Gasteiger partial charge in [0, 0.05) is 19.5 Å². The predicted octanol–water partition coefficient (Wildman–Crippen LogP) is 1.49. The van der Waals surface area contributed by atoms with Gasteiger partial charge in [-0.25, -0.2) is 9.78 Å². The van der Waals surface area contributed by atoms with Crippen LogP contribution in [0.3, 0.4) is 0 Å². The molecule has 27 heavy (non-hydrogen) atoms. The molecule has 3 rings (SSSR count). The minimum atomic E-state index is -1.24. The smallest absolute Gasteiger partial charge is 0.326 e. The van der Waals surface area contributed by atoms with Gasteiger partial charge in [0.25, 0.3) is 5.91 Å². The van der Waals surface area contributed by atoms with Crippen molar-refractivity contribution in [3.05, 3.63) is 35.0 Å². The van der Waals surface area contributed by atoms with E-state index in [0.717, 1.165) is 27.7 Å². The highest BCUT2D eigenvalue weighted by Crippen LogP contribution is 2.35. The molecule has 0 unspecified atom stereocenters. The maximum Gasteiger partial charge on any atom is 0.326 e. The fourth-order valence-electron chi connectivity index (χ4n) is 2.80. The summed E-state index contributed by atoms with van der Waals surface area (Å²) in [6.07, 6.45) is 1.33. The fraction of sp³-hybridized carbons (Fsp3) is 0.235. The standard InChI is InChI=1S/C17H16N4O4S2/c1-20-10-5-3-2-4-9(10)19-14(20)8-12-15(23)21(17(26)27-12)11(16(24)25)6-7-13(18)22/h2-5,8,11H,6-7H2,1H3,(H2,18,22)(H,24,25)/b12-8+/t11-/m1/s1. The molecule has 8 nitrogen and oxygen atoms in total. The molecule has 1 aromatic carbocycles. The molecule has 1 atom stereocenters. The highest BCUT2D eigenvalue weighted by molar-refractivity contribution is 8.26. The van der Waals surface area contributed by atoms with E-state index in [1.807, 2.05) is 35.9 Å². The SMILES string of the molecule is Cn1c(/C=C2/SC(=S)N([C@H](CCC(N)=O)C(=O)O)C2=O)nc2ccccc21. The molecule has 0 spiro atoms. The van der Waals surface area contributed by atoms with E-state index in [0.29, 0.717) is 5.82 Å². The number of carboxylic acid groups (broad SMARTS) is 1. The second kappa shape index (κ2) is 7.49. The number of benzene rings is 1. The molecule has 1 fully saturated rings. The summed E-state index contributed by atoms with van der Waals surface area (Å²) in [4.78, 5) is 41.1. The monoisotopic (exact) mass is 404 g/mol. The summed E-state index contributed by atoms with van der Waals surface area (Å²) >= 11 is 6.22. The van der Waals surface area contributed by atoms with Crippen LogP contribution in [0.15, 0.2) is 29.2 Å². The summed E-state index contributed by atoms with van der Waals surface area (Å²) in [5.74, 6) is -1.84. The molecule has 0 radical (unpaired) electrons. The molecule has 1 aromatic heterocycles. The Morgan fingerprint density at radius 3 is 2.74 bits per heavy atom. The number of amides is 2. The number of hydrogen-bond donors (Lipinski definition) is 2. The third-order valence-corrected chi connectivity index (χ3v) is 5.50. The van der Waals surface area contributed by atoms with Crippen LogP contribution in [0.1, 0.15) is 18.7 Å². The van der Waals surface area contributed by atoms with Crippen LogP contribution in [0.4, 0.5) is 0 Å². The van der Waals surface area contributed by atoms with E-state index in [2.05, 4.69) is 4.98 Å². The Labute approximate surface area is 164 Å². The summed E-state index contributed by atoms with van der Waals surface area (Å²) in [6.45, 7) is 0. The van der Waals surface area contributed by atoms with Crippen molar-refractivity contribution in [1.29, 1.82) is 0 Å². The van der Waals surface area contributed by atoms with E-state index in [4.69, 9.17) is 18.0 Å². The lowest BCUT2D eigenvalue weighted by molar-refractivity contribution is -0.145. The summed E-state index contributed by atoms with van der Waals surface area (Å²) < 4.78 is 1.96. The van der Waals surface area contributed by atoms with E-state index >= 15 is 0 Å². The number of aromatic nitrogens is 2. The van der Waals surface area contributed by atoms with Crippen LogP contribution in [0.25, 0.3) is 17.1 Å². The van der Waals surface area contributed by atoms with Gasteiger partial charge >= 0.3 is 5.97 Å². The van der Waals surface area contributed by atoms with Crippen molar-refractivity contribution in [2.75, 3.05) is 0 Å². The third-order valence-electron chi connectivity index (χ3n) is 4.17. The van der Waals surface area contributed by atoms with Crippen LogP contribution in [-0.2, 0) is 21.4 Å². The summed E-state index contributed by atoms with van der Waals surface area (Å²) in [6, 6.07) is 6.30. The van der Waals surface area contributed by atoms with Gasteiger partial charge in [-0.1, -0.05) is 36.1 Å². The van der Waals surface area contributed by atoms with Crippen molar-refractivity contribution in [2.45, 2.75) is 18.9 Å². The molecule has 1 aliphatic rings. The molecular formula is C17H16N4O4S2. The number of aryl methyl sites for hydroxylation is 1.